The van der Waals surface area contributed by atoms with Gasteiger partial charge in [-0.1, -0.05) is 195 Å². The lowest BCUT2D eigenvalue weighted by Crippen LogP contribution is -2.69. The first-order chi connectivity index (χ1) is 55.5. The minimum absolute atomic E-state index is 0.00529. The van der Waals surface area contributed by atoms with Crippen molar-refractivity contribution in [1.29, 1.82) is 0 Å². The van der Waals surface area contributed by atoms with Crippen molar-refractivity contribution in [2.75, 3.05) is 26.9 Å². The minimum Gasteiger partial charge on any atom is -0.432 e. The van der Waals surface area contributed by atoms with Crippen LogP contribution in [0.3, 0.4) is 0 Å². The van der Waals surface area contributed by atoms with Crippen molar-refractivity contribution in [1.82, 2.24) is 0 Å². The van der Waals surface area contributed by atoms with E-state index in [2.05, 4.69) is 132 Å². The van der Waals surface area contributed by atoms with Crippen LogP contribution in [-0.2, 0) is 108 Å². The van der Waals surface area contributed by atoms with Crippen molar-refractivity contribution in [2.45, 2.75) is 352 Å². The molecule has 23 heteroatoms. The topological polar surface area (TPSA) is 257 Å². The number of nitrogens with zero attached hydrogens (tertiary/aromatic N) is 3. The maximum Gasteiger partial charge on any atom is 0.317 e. The summed E-state index contributed by atoms with van der Waals surface area (Å²) in [6, 6.07) is 19.1. The van der Waals surface area contributed by atoms with Crippen molar-refractivity contribution in [2.24, 2.45) is 115 Å². The first-order valence-electron chi connectivity index (χ1n) is 44.7. The SMILES string of the molecule is CCC1O[C@@H](OC2[C@H](O[C@H]3CCC4(C)C5CC=C6C7CC(C)(C)CC[C@]7(C(=O)O[C@@H]7OC(COCc8ccccc8)[C@H](N=[N+]=[N-])C(C)C7O[C@@H]7OC(C)[C@H](O[C@@H]8OC[C@@H](C)C(OCc9ccccc9)C8C)C8OC(C)(C)OC87)C(OC)C[C@@]6(C)[C@@]5(C)CC[C@H]4[C@@]3(C)C=O)OC(C(C)=O)[C@@H](C)[C@@H]2O[C@@H]2OC[C@@H](C)[C@H](C)C2C)C(C)[C@@H](C)[C@H]1C. The highest BCUT2D eigenvalue weighted by atomic mass is 16.8. The van der Waals surface area contributed by atoms with Gasteiger partial charge in [-0.3, -0.25) is 9.59 Å². The number of methoxy groups -OCH3 is 1. The van der Waals surface area contributed by atoms with E-state index in [1.165, 1.54) is 5.57 Å². The van der Waals surface area contributed by atoms with Gasteiger partial charge in [0.1, 0.15) is 48.3 Å². The van der Waals surface area contributed by atoms with Gasteiger partial charge in [-0.15, -0.1) is 0 Å². The highest BCUT2D eigenvalue weighted by Crippen LogP contribution is 2.76. The highest BCUT2D eigenvalue weighted by Gasteiger charge is 2.74. The van der Waals surface area contributed by atoms with Gasteiger partial charge >= 0.3 is 5.97 Å². The summed E-state index contributed by atoms with van der Waals surface area (Å²) >= 11 is 0. The molecule has 0 N–H and O–H groups in total. The molecular weight excluding hydrogens is 1490 g/mol. The third kappa shape index (κ3) is 16.5. The molecule has 652 valence electrons. The maximum atomic E-state index is 16.9. The number of carbonyl (C=O) groups is 3. The second-order valence-corrected chi connectivity index (χ2v) is 40.6. The number of hydrogen-bond donors (Lipinski definition) is 0. The number of aldehydes is 1. The minimum atomic E-state index is -1.38. The largest absolute Gasteiger partial charge is 0.432 e. The van der Waals surface area contributed by atoms with Crippen LogP contribution in [0.4, 0.5) is 0 Å². The Morgan fingerprint density at radius 2 is 1.21 bits per heavy atom. The zero-order valence-electron chi connectivity index (χ0n) is 74.1. The number of benzene rings is 2. The van der Waals surface area contributed by atoms with Crippen LogP contribution >= 0.6 is 0 Å². The molecule has 38 atom stereocenters. The summed E-state index contributed by atoms with van der Waals surface area (Å²) in [5.41, 5.74) is 10.1. The third-order valence-corrected chi connectivity index (χ3v) is 32.7. The van der Waals surface area contributed by atoms with Crippen molar-refractivity contribution in [3.05, 3.63) is 93.9 Å². The smallest absolute Gasteiger partial charge is 0.317 e. The molecule has 2 aromatic rings. The standard InChI is InChI=1S/C94H141N3O20/c1-23-66-54(6)53(5)56(8)83(107-66)114-79-75(111-81-55(7)52(4)50(2)44-104-81)58(10)74(60(12)99)110-85(79)109-70-37-38-90(18)68(91(70,19)49-98)36-39-92(20)69(90)35-34-64-65-42-88(14,15)40-41-94(65,71(101-22)43-93(64,92)21)87(100)115-84-76(57(9)72(96-97-95)67(108-84)48-102-46-62-30-26-24-27-31-62)112-86-80-78(116-89(16,17)117-80)77(61(13)106-86)113-82-59(11)73(51(3)45-105-82)103-47-63-32-28-25-29-33-63/h24-34,49-59,61,65-86H,23,35-48H2,1-22H3/t50-,51-,52+,53+,54-,55?,56?,57?,58-,59?,61?,65?,66?,67?,68-,69?,70+,71?,72-,73?,74?,75+,76?,77+,78?,79?,80?,81+,82+,83+,84+,85-,86+,90?,91-,92+,93-,94-/m1/s1. The molecule has 12 aliphatic rings. The molecule has 23 nitrogen and oxygen atoms in total. The van der Waals surface area contributed by atoms with E-state index in [1.54, 1.807) is 14.0 Å². The van der Waals surface area contributed by atoms with E-state index in [1.807, 2.05) is 83.1 Å². The van der Waals surface area contributed by atoms with E-state index in [0.717, 1.165) is 55.9 Å². The average Bonchev–Trinajstić information content (AvgIpc) is 1.08. The summed E-state index contributed by atoms with van der Waals surface area (Å²) in [7, 11) is 1.75. The van der Waals surface area contributed by atoms with Crippen molar-refractivity contribution >= 4 is 18.0 Å². The lowest BCUT2D eigenvalue weighted by molar-refractivity contribution is -0.374. The van der Waals surface area contributed by atoms with E-state index in [9.17, 15) is 15.1 Å². The second kappa shape index (κ2) is 35.0. The predicted octanol–water partition coefficient (Wildman–Crippen LogP) is 17.1. The van der Waals surface area contributed by atoms with Crippen LogP contribution in [-0.4, -0.2) is 174 Å². The summed E-state index contributed by atoms with van der Waals surface area (Å²) < 4.78 is 119. The molecule has 4 saturated carbocycles. The van der Waals surface area contributed by atoms with Gasteiger partial charge in [-0.25, -0.2) is 0 Å². The van der Waals surface area contributed by atoms with E-state index >= 15 is 4.79 Å². The Balaban J connectivity index is 0.751. The Hall–Kier alpha value is -4.34. The molecule has 5 aliphatic carbocycles. The number of ether oxygens (including phenoxy) is 17. The first-order valence-corrected chi connectivity index (χ1v) is 44.7. The lowest BCUT2D eigenvalue weighted by atomic mass is 9.33. The fraction of sp³-hybridized carbons (Fsp3) is 0.819. The fourth-order valence-corrected chi connectivity index (χ4v) is 24.8. The number of allylic oxidation sites excluding steroid dienone is 2. The van der Waals surface area contributed by atoms with Gasteiger partial charge in [-0.05, 0) is 178 Å². The lowest BCUT2D eigenvalue weighted by Gasteiger charge is -2.71. The van der Waals surface area contributed by atoms with Crippen LogP contribution in [0.5, 0.6) is 0 Å². The zero-order chi connectivity index (χ0) is 84.0. The molecule has 17 unspecified atom stereocenters. The third-order valence-electron chi connectivity index (χ3n) is 32.7. The normalized spacial score (nSPS) is 48.1. The second-order valence-electron chi connectivity index (χ2n) is 40.6. The van der Waals surface area contributed by atoms with Gasteiger partial charge in [0.15, 0.2) is 43.0 Å². The van der Waals surface area contributed by atoms with E-state index in [4.69, 9.17) is 80.5 Å². The number of esters is 1. The monoisotopic (exact) mass is 1630 g/mol. The van der Waals surface area contributed by atoms with Crippen LogP contribution in [0.1, 0.15) is 221 Å². The molecule has 117 heavy (non-hydrogen) atoms. The van der Waals surface area contributed by atoms with Gasteiger partial charge in [0.25, 0.3) is 0 Å². The van der Waals surface area contributed by atoms with Gasteiger partial charge < -0.3 is 85.3 Å². The molecule has 0 aromatic heterocycles. The quantitative estimate of drug-likeness (QED) is 0.0180. The van der Waals surface area contributed by atoms with Crippen LogP contribution in [0.2, 0.25) is 0 Å². The van der Waals surface area contributed by atoms with Crippen molar-refractivity contribution in [3.63, 3.8) is 0 Å². The molecule has 2 aromatic carbocycles. The first kappa shape index (κ1) is 89.0. The number of fused-ring (bicyclic) bond motifs is 8. The molecule has 0 bridgehead atoms. The summed E-state index contributed by atoms with van der Waals surface area (Å²) in [6.07, 6.45) is -3.67. The highest BCUT2D eigenvalue weighted by molar-refractivity contribution is 5.81. The molecule has 14 rings (SSSR count). The average molecular weight is 1630 g/mol. The molecule has 0 radical (unpaired) electrons. The number of ketones is 1. The Morgan fingerprint density at radius 3 is 1.88 bits per heavy atom. The summed E-state index contributed by atoms with van der Waals surface area (Å²) in [5, 5.41) is 4.41. The maximum absolute atomic E-state index is 16.9. The molecule has 7 heterocycles. The number of rotatable bonds is 24. The molecular formula is C94H141N3O20. The van der Waals surface area contributed by atoms with Crippen molar-refractivity contribution in [3.8, 4) is 0 Å². The van der Waals surface area contributed by atoms with Crippen LogP contribution in [0.15, 0.2) is 77.4 Å². The van der Waals surface area contributed by atoms with E-state index in [-0.39, 0.29) is 94.8 Å². The molecule has 7 saturated heterocycles. The van der Waals surface area contributed by atoms with E-state index < -0.39 is 151 Å². The fourth-order valence-electron chi connectivity index (χ4n) is 24.8. The van der Waals surface area contributed by atoms with Gasteiger partial charge in [0.2, 0.25) is 6.29 Å². The summed E-state index contributed by atoms with van der Waals surface area (Å²) in [6.45, 7) is 46.7. The Bertz CT molecular complexity index is 3830. The number of carbonyl (C=O) groups excluding carboxylic acids is 3. The Kier molecular flexibility index (Phi) is 26.6. The van der Waals surface area contributed by atoms with Gasteiger partial charge in [0.05, 0.1) is 87.2 Å². The Labute approximate surface area is 696 Å². The van der Waals surface area contributed by atoms with E-state index in [0.29, 0.717) is 63.3 Å². The van der Waals surface area contributed by atoms with Gasteiger partial charge in [0, 0.05) is 41.6 Å². The van der Waals surface area contributed by atoms with Gasteiger partial charge in [-0.2, -0.15) is 0 Å². The van der Waals surface area contributed by atoms with Crippen LogP contribution < -0.4 is 0 Å². The summed E-state index contributed by atoms with van der Waals surface area (Å²) in [4.78, 5) is 49.0. The number of azide groups is 1. The Morgan fingerprint density at radius 1 is 0.581 bits per heavy atom. The summed E-state index contributed by atoms with van der Waals surface area (Å²) in [5.74, 6) is -1.88. The molecule has 0 spiro atoms. The van der Waals surface area contributed by atoms with Crippen LogP contribution in [0, 0.1) is 109 Å². The molecule has 0 amide bonds. The molecule has 11 fully saturated rings. The van der Waals surface area contributed by atoms with Crippen molar-refractivity contribution < 1.29 is 94.9 Å². The molecule has 7 aliphatic heterocycles. The number of Topliss-reactive ketones (excluding diaryl/α,β-unsaturated/α-hetero) is 1. The van der Waals surface area contributed by atoms with Crippen LogP contribution in [0.25, 0.3) is 10.4 Å². The predicted molar refractivity (Wildman–Crippen MR) is 436 cm³/mol. The zero-order valence-corrected chi connectivity index (χ0v) is 74.1. The number of hydrogen-bond acceptors (Lipinski definition) is 21.